The molecule has 0 saturated heterocycles. The molecule has 0 amide bonds. The third-order valence-corrected chi connectivity index (χ3v) is 6.75. The SMILES string of the molecule is COCCNCCc1cccc(CCNC[C@H](OC(=O)C(F)(F)F)c2ccc(OC(=O)C(F)(F)F)c3[nH]c(=O)sc23)c1. The number of aromatic amines is 1. The summed E-state index contributed by atoms with van der Waals surface area (Å²) in [7, 11) is 1.61. The predicted molar refractivity (Wildman–Crippen MR) is 140 cm³/mol. The lowest BCUT2D eigenvalue weighted by atomic mass is 10.1. The van der Waals surface area contributed by atoms with Gasteiger partial charge in [-0.1, -0.05) is 35.6 Å². The number of carbonyl (C=O) groups is 2. The van der Waals surface area contributed by atoms with E-state index in [1.807, 2.05) is 24.3 Å². The van der Waals surface area contributed by atoms with Crippen molar-refractivity contribution in [2.75, 3.05) is 39.9 Å². The number of carbonyl (C=O) groups excluding carboxylic acids is 2. The number of halogens is 6. The van der Waals surface area contributed by atoms with E-state index in [0.29, 0.717) is 30.9 Å². The van der Waals surface area contributed by atoms with Gasteiger partial charge in [-0.25, -0.2) is 9.59 Å². The average molecular weight is 624 g/mol. The van der Waals surface area contributed by atoms with Crippen LogP contribution in [0.25, 0.3) is 10.2 Å². The molecule has 1 atom stereocenters. The summed E-state index contributed by atoms with van der Waals surface area (Å²) in [6.07, 6.45) is -11.0. The van der Waals surface area contributed by atoms with Crippen molar-refractivity contribution in [1.29, 1.82) is 0 Å². The second-order valence-electron chi connectivity index (χ2n) is 8.92. The number of ether oxygens (including phenoxy) is 3. The molecule has 0 spiro atoms. The van der Waals surface area contributed by atoms with E-state index >= 15 is 0 Å². The minimum Gasteiger partial charge on any atom is -0.449 e. The maximum absolute atomic E-state index is 13.0. The van der Waals surface area contributed by atoms with Gasteiger partial charge < -0.3 is 29.8 Å². The van der Waals surface area contributed by atoms with Crippen LogP contribution in [-0.2, 0) is 31.9 Å². The first-order valence-corrected chi connectivity index (χ1v) is 13.3. The van der Waals surface area contributed by atoms with Crippen LogP contribution < -0.4 is 20.2 Å². The highest BCUT2D eigenvalue weighted by molar-refractivity contribution is 7.16. The zero-order valence-electron chi connectivity index (χ0n) is 22.1. The van der Waals surface area contributed by atoms with Crippen molar-refractivity contribution in [3.63, 3.8) is 0 Å². The Morgan fingerprint density at radius 2 is 1.57 bits per heavy atom. The van der Waals surface area contributed by atoms with E-state index in [1.165, 1.54) is 0 Å². The Kier molecular flexibility index (Phi) is 11.5. The van der Waals surface area contributed by atoms with Gasteiger partial charge in [-0.05, 0) is 49.2 Å². The van der Waals surface area contributed by atoms with Crippen molar-refractivity contribution in [3.8, 4) is 5.75 Å². The van der Waals surface area contributed by atoms with E-state index in [0.717, 1.165) is 36.2 Å². The number of hydrogen-bond donors (Lipinski definition) is 3. The fourth-order valence-corrected chi connectivity index (χ4v) is 4.78. The first-order valence-electron chi connectivity index (χ1n) is 12.5. The average Bonchev–Trinajstić information content (AvgIpc) is 3.31. The summed E-state index contributed by atoms with van der Waals surface area (Å²) in [5.41, 5.74) is 1.56. The number of H-pyrrole nitrogens is 1. The summed E-state index contributed by atoms with van der Waals surface area (Å²) in [6, 6.07) is 9.62. The molecule has 0 fully saturated rings. The number of benzene rings is 2. The number of aromatic nitrogens is 1. The normalized spacial score (nSPS) is 12.8. The Labute approximate surface area is 239 Å². The van der Waals surface area contributed by atoms with E-state index in [2.05, 4.69) is 20.4 Å². The van der Waals surface area contributed by atoms with Crippen molar-refractivity contribution in [2.24, 2.45) is 0 Å². The van der Waals surface area contributed by atoms with E-state index < -0.39 is 41.0 Å². The maximum Gasteiger partial charge on any atom is 0.491 e. The van der Waals surface area contributed by atoms with Crippen molar-refractivity contribution < 1.29 is 50.1 Å². The van der Waals surface area contributed by atoms with Crippen LogP contribution in [0.3, 0.4) is 0 Å². The van der Waals surface area contributed by atoms with Crippen LogP contribution in [-0.4, -0.2) is 69.2 Å². The van der Waals surface area contributed by atoms with Gasteiger partial charge in [0.25, 0.3) is 0 Å². The maximum atomic E-state index is 13.0. The molecule has 3 aromatic rings. The van der Waals surface area contributed by atoms with E-state index in [-0.39, 0.29) is 28.9 Å². The van der Waals surface area contributed by atoms with Gasteiger partial charge in [0.05, 0.1) is 11.3 Å². The smallest absolute Gasteiger partial charge is 0.449 e. The Bertz CT molecular complexity index is 1420. The Balaban J connectivity index is 1.74. The number of fused-ring (bicyclic) bond motifs is 1. The number of alkyl halides is 6. The lowest BCUT2D eigenvalue weighted by Gasteiger charge is -2.21. The Morgan fingerprint density at radius 1 is 0.929 bits per heavy atom. The van der Waals surface area contributed by atoms with Gasteiger partial charge in [-0.15, -0.1) is 0 Å². The van der Waals surface area contributed by atoms with E-state index in [9.17, 15) is 40.7 Å². The number of hydrogen-bond acceptors (Lipinski definition) is 9. The van der Waals surface area contributed by atoms with Gasteiger partial charge in [0.2, 0.25) is 0 Å². The number of esters is 2. The van der Waals surface area contributed by atoms with Gasteiger partial charge in [0, 0.05) is 25.8 Å². The summed E-state index contributed by atoms with van der Waals surface area (Å²) in [4.78, 5) is 36.5. The van der Waals surface area contributed by atoms with Crippen LogP contribution in [0, 0.1) is 0 Å². The predicted octanol–water partition coefficient (Wildman–Crippen LogP) is 3.81. The first-order chi connectivity index (χ1) is 19.8. The number of thiazole rings is 1. The van der Waals surface area contributed by atoms with E-state index in [1.54, 1.807) is 7.11 Å². The molecule has 3 N–H and O–H groups in total. The summed E-state index contributed by atoms with van der Waals surface area (Å²) in [5, 5.41) is 6.16. The molecular weight excluding hydrogens is 596 g/mol. The molecule has 0 unspecified atom stereocenters. The minimum atomic E-state index is -5.34. The molecule has 0 aliphatic rings. The highest BCUT2D eigenvalue weighted by Gasteiger charge is 2.43. The summed E-state index contributed by atoms with van der Waals surface area (Å²) in [5.74, 6) is -5.72. The van der Waals surface area contributed by atoms with Crippen molar-refractivity contribution >= 4 is 33.5 Å². The van der Waals surface area contributed by atoms with Crippen molar-refractivity contribution in [3.05, 3.63) is 62.8 Å². The number of nitrogens with one attached hydrogen (secondary N) is 3. The zero-order chi connectivity index (χ0) is 30.9. The van der Waals surface area contributed by atoms with Crippen LogP contribution in [0.5, 0.6) is 5.75 Å². The lowest BCUT2D eigenvalue weighted by Crippen LogP contribution is -2.32. The lowest BCUT2D eigenvalue weighted by molar-refractivity contribution is -0.205. The molecule has 1 heterocycles. The van der Waals surface area contributed by atoms with Gasteiger partial charge >= 0.3 is 29.2 Å². The summed E-state index contributed by atoms with van der Waals surface area (Å²) in [6.45, 7) is 1.99. The summed E-state index contributed by atoms with van der Waals surface area (Å²) >= 11 is 0.443. The van der Waals surface area contributed by atoms with Crippen LogP contribution in [0.4, 0.5) is 26.3 Å². The monoisotopic (exact) mass is 623 g/mol. The quantitative estimate of drug-likeness (QED) is 0.107. The van der Waals surface area contributed by atoms with Crippen molar-refractivity contribution in [1.82, 2.24) is 15.6 Å². The van der Waals surface area contributed by atoms with Gasteiger partial charge in [0.1, 0.15) is 11.6 Å². The molecule has 9 nitrogen and oxygen atoms in total. The molecule has 3 rings (SSSR count). The third kappa shape index (κ3) is 9.54. The fourth-order valence-electron chi connectivity index (χ4n) is 3.88. The second-order valence-corrected chi connectivity index (χ2v) is 9.90. The molecule has 0 bridgehead atoms. The highest BCUT2D eigenvalue weighted by atomic mass is 32.1. The third-order valence-electron chi connectivity index (χ3n) is 5.82. The molecule has 16 heteroatoms. The van der Waals surface area contributed by atoms with Crippen LogP contribution in [0.2, 0.25) is 0 Å². The topological polar surface area (TPSA) is 119 Å². The highest BCUT2D eigenvalue weighted by Crippen LogP contribution is 2.35. The molecule has 0 aliphatic heterocycles. The second kappa shape index (κ2) is 14.6. The number of methoxy groups -OCH3 is 1. The molecule has 0 saturated carbocycles. The van der Waals surface area contributed by atoms with Crippen LogP contribution in [0.15, 0.2) is 41.2 Å². The molecule has 42 heavy (non-hydrogen) atoms. The molecular formula is C26H27F6N3O6S. The number of rotatable bonds is 14. The molecule has 1 aromatic heterocycles. The van der Waals surface area contributed by atoms with Gasteiger partial charge in [-0.3, -0.25) is 4.79 Å². The van der Waals surface area contributed by atoms with Gasteiger partial charge in [0.15, 0.2) is 5.75 Å². The molecule has 2 aromatic carbocycles. The van der Waals surface area contributed by atoms with E-state index in [4.69, 9.17) is 9.47 Å². The first kappa shape index (κ1) is 33.0. The van der Waals surface area contributed by atoms with Gasteiger partial charge in [-0.2, -0.15) is 26.3 Å². The molecule has 0 aliphatic carbocycles. The summed E-state index contributed by atoms with van der Waals surface area (Å²) < 4.78 is 91.1. The zero-order valence-corrected chi connectivity index (χ0v) is 22.9. The fraction of sp³-hybridized carbons (Fsp3) is 0.423. The van der Waals surface area contributed by atoms with Crippen molar-refractivity contribution in [2.45, 2.75) is 31.3 Å². The minimum absolute atomic E-state index is 0.103. The standard InChI is InChI=1S/C26H27F6N3O6S/c1-39-12-11-33-9-7-15-3-2-4-16(13-15)8-10-34-14-19(41-23(37)26(30,31)32)17-5-6-18(40-22(36)25(27,28)29)20-21(17)42-24(38)35-20/h2-6,13,19,33-34H,7-12,14H2,1H3,(H,35,38)/t19-/m0/s1. The van der Waals surface area contributed by atoms with Crippen LogP contribution >= 0.6 is 11.3 Å². The molecule has 230 valence electrons. The Morgan fingerprint density at radius 3 is 2.19 bits per heavy atom. The van der Waals surface area contributed by atoms with Crippen LogP contribution in [0.1, 0.15) is 22.8 Å². The molecule has 0 radical (unpaired) electrons. The Hall–Kier alpha value is -3.47. The largest absolute Gasteiger partial charge is 0.491 e.